The van der Waals surface area contributed by atoms with Crippen molar-refractivity contribution in [2.45, 2.75) is 17.7 Å². The molecular formula is C11H13NO5S. The summed E-state index contributed by atoms with van der Waals surface area (Å²) in [7, 11) is -3.57. The molecule has 7 heteroatoms. The molecule has 6 nitrogen and oxygen atoms in total. The molecule has 0 aliphatic heterocycles. The first-order valence-corrected chi connectivity index (χ1v) is 6.83. The van der Waals surface area contributed by atoms with E-state index in [1.807, 2.05) is 0 Å². The molecule has 1 rings (SSSR count). The Balaban J connectivity index is 2.53. The van der Waals surface area contributed by atoms with Crippen LogP contribution in [-0.4, -0.2) is 31.3 Å². The van der Waals surface area contributed by atoms with Gasteiger partial charge in [-0.3, -0.25) is 9.59 Å². The summed E-state index contributed by atoms with van der Waals surface area (Å²) < 4.78 is 23.5. The van der Waals surface area contributed by atoms with Gasteiger partial charge in [-0.05, 0) is 12.1 Å². The Kier molecular flexibility index (Phi) is 4.85. The van der Waals surface area contributed by atoms with E-state index in [-0.39, 0.29) is 17.7 Å². The van der Waals surface area contributed by atoms with Gasteiger partial charge in [-0.25, -0.2) is 8.42 Å². The van der Waals surface area contributed by atoms with Crippen molar-refractivity contribution in [3.63, 3.8) is 0 Å². The summed E-state index contributed by atoms with van der Waals surface area (Å²) in [4.78, 5) is 21.5. The van der Waals surface area contributed by atoms with Crippen molar-refractivity contribution >= 4 is 21.7 Å². The molecule has 0 bridgehead atoms. The molecule has 0 fully saturated rings. The molecule has 0 spiro atoms. The summed E-state index contributed by atoms with van der Waals surface area (Å²) in [6, 6.07) is 7.71. The van der Waals surface area contributed by atoms with Gasteiger partial charge in [-0.2, -0.15) is 0 Å². The first-order valence-electron chi connectivity index (χ1n) is 5.18. The van der Waals surface area contributed by atoms with Crippen molar-refractivity contribution in [2.75, 3.05) is 5.88 Å². The summed E-state index contributed by atoms with van der Waals surface area (Å²) in [5.74, 6) is -2.23. The van der Waals surface area contributed by atoms with Gasteiger partial charge in [-0.1, -0.05) is 18.2 Å². The van der Waals surface area contributed by atoms with Crippen molar-refractivity contribution in [1.82, 2.24) is 5.32 Å². The van der Waals surface area contributed by atoms with E-state index in [1.165, 1.54) is 12.1 Å². The van der Waals surface area contributed by atoms with Crippen LogP contribution in [0.1, 0.15) is 12.8 Å². The maximum atomic E-state index is 11.7. The number of benzene rings is 1. The number of hydrogen-bond acceptors (Lipinski definition) is 4. The van der Waals surface area contributed by atoms with Crippen LogP contribution in [0, 0.1) is 0 Å². The molecule has 18 heavy (non-hydrogen) atoms. The van der Waals surface area contributed by atoms with Crippen LogP contribution < -0.4 is 5.32 Å². The average molecular weight is 271 g/mol. The molecule has 0 aromatic heterocycles. The van der Waals surface area contributed by atoms with Crippen LogP contribution in [0.3, 0.4) is 0 Å². The molecule has 1 aromatic rings. The minimum absolute atomic E-state index is 0.114. The largest absolute Gasteiger partial charge is 0.481 e. The fourth-order valence-electron chi connectivity index (χ4n) is 1.20. The SMILES string of the molecule is O=C(O)CCC(=O)NCS(=O)(=O)c1ccccc1. The Morgan fingerprint density at radius 1 is 1.11 bits per heavy atom. The lowest BCUT2D eigenvalue weighted by Gasteiger charge is -2.06. The quantitative estimate of drug-likeness (QED) is 0.780. The number of carbonyl (C=O) groups excluding carboxylic acids is 1. The first kappa shape index (κ1) is 14.2. The van der Waals surface area contributed by atoms with Crippen molar-refractivity contribution in [3.8, 4) is 0 Å². The number of sulfone groups is 1. The third-order valence-corrected chi connectivity index (χ3v) is 3.64. The number of carboxylic acid groups (broad SMARTS) is 1. The summed E-state index contributed by atoms with van der Waals surface area (Å²) in [6.45, 7) is 0. The third kappa shape index (κ3) is 4.54. The molecule has 0 aliphatic rings. The molecule has 0 aliphatic carbocycles. The molecule has 1 aromatic carbocycles. The lowest BCUT2D eigenvalue weighted by Crippen LogP contribution is -2.29. The van der Waals surface area contributed by atoms with Crippen LogP contribution in [0.15, 0.2) is 35.2 Å². The van der Waals surface area contributed by atoms with Gasteiger partial charge in [0, 0.05) is 6.42 Å². The summed E-state index contributed by atoms with van der Waals surface area (Å²) in [5.41, 5.74) is 0. The second kappa shape index (κ2) is 6.15. The van der Waals surface area contributed by atoms with Crippen LogP contribution in [0.5, 0.6) is 0 Å². The zero-order valence-corrected chi connectivity index (χ0v) is 10.3. The number of hydrogen-bond donors (Lipinski definition) is 2. The normalized spacial score (nSPS) is 10.9. The zero-order chi connectivity index (χ0) is 13.6. The monoisotopic (exact) mass is 271 g/mol. The highest BCUT2D eigenvalue weighted by atomic mass is 32.2. The lowest BCUT2D eigenvalue weighted by molar-refractivity contribution is -0.138. The van der Waals surface area contributed by atoms with Crippen LogP contribution in [0.25, 0.3) is 0 Å². The maximum absolute atomic E-state index is 11.7. The van der Waals surface area contributed by atoms with Crippen molar-refractivity contribution in [1.29, 1.82) is 0 Å². The highest BCUT2D eigenvalue weighted by Gasteiger charge is 2.15. The fourth-order valence-corrected chi connectivity index (χ4v) is 2.29. The number of rotatable bonds is 6. The van der Waals surface area contributed by atoms with Crippen LogP contribution >= 0.6 is 0 Å². The van der Waals surface area contributed by atoms with Gasteiger partial charge in [0.15, 0.2) is 9.84 Å². The lowest BCUT2D eigenvalue weighted by atomic mass is 10.3. The fraction of sp³-hybridized carbons (Fsp3) is 0.273. The minimum Gasteiger partial charge on any atom is -0.481 e. The third-order valence-electron chi connectivity index (χ3n) is 2.13. The summed E-state index contributed by atoms with van der Waals surface area (Å²) >= 11 is 0. The Hall–Kier alpha value is -1.89. The molecule has 2 N–H and O–H groups in total. The maximum Gasteiger partial charge on any atom is 0.303 e. The van der Waals surface area contributed by atoms with Crippen molar-refractivity contribution < 1.29 is 23.1 Å². The number of aliphatic carboxylic acids is 1. The molecular weight excluding hydrogens is 258 g/mol. The van der Waals surface area contributed by atoms with Gasteiger partial charge >= 0.3 is 5.97 Å². The van der Waals surface area contributed by atoms with Crippen LogP contribution in [0.2, 0.25) is 0 Å². The number of amides is 1. The Bertz CT molecular complexity index is 524. The summed E-state index contributed by atoms with van der Waals surface area (Å²) in [6.07, 6.45) is -0.559. The second-order valence-electron chi connectivity index (χ2n) is 3.57. The smallest absolute Gasteiger partial charge is 0.303 e. The van der Waals surface area contributed by atoms with Gasteiger partial charge in [0.05, 0.1) is 11.3 Å². The Labute approximate surface area is 105 Å². The first-order chi connectivity index (χ1) is 8.42. The van der Waals surface area contributed by atoms with Gasteiger partial charge in [0.1, 0.15) is 5.88 Å². The predicted molar refractivity (Wildman–Crippen MR) is 63.5 cm³/mol. The van der Waals surface area contributed by atoms with E-state index >= 15 is 0 Å². The van der Waals surface area contributed by atoms with Crippen molar-refractivity contribution in [3.05, 3.63) is 30.3 Å². The van der Waals surface area contributed by atoms with Gasteiger partial charge in [-0.15, -0.1) is 0 Å². The van der Waals surface area contributed by atoms with Gasteiger partial charge < -0.3 is 10.4 Å². The number of carbonyl (C=O) groups is 2. The van der Waals surface area contributed by atoms with E-state index in [2.05, 4.69) is 5.32 Å². The molecule has 0 heterocycles. The average Bonchev–Trinajstić information content (AvgIpc) is 2.35. The Morgan fingerprint density at radius 3 is 2.28 bits per heavy atom. The molecule has 0 atom stereocenters. The van der Waals surface area contributed by atoms with Gasteiger partial charge in [0.25, 0.3) is 0 Å². The van der Waals surface area contributed by atoms with E-state index in [0.29, 0.717) is 0 Å². The van der Waals surface area contributed by atoms with Crippen molar-refractivity contribution in [2.24, 2.45) is 0 Å². The van der Waals surface area contributed by atoms with E-state index in [4.69, 9.17) is 5.11 Å². The number of carboxylic acids is 1. The molecule has 0 unspecified atom stereocenters. The molecule has 98 valence electrons. The zero-order valence-electron chi connectivity index (χ0n) is 9.50. The van der Waals surface area contributed by atoms with Crippen LogP contribution in [0.4, 0.5) is 0 Å². The minimum atomic E-state index is -3.57. The van der Waals surface area contributed by atoms with Gasteiger partial charge in [0.2, 0.25) is 5.91 Å². The van der Waals surface area contributed by atoms with E-state index in [0.717, 1.165) is 0 Å². The van der Waals surface area contributed by atoms with E-state index < -0.39 is 27.6 Å². The predicted octanol–water partition coefficient (Wildman–Crippen LogP) is 0.399. The Morgan fingerprint density at radius 2 is 1.72 bits per heavy atom. The summed E-state index contributed by atoms with van der Waals surface area (Å²) in [5, 5.41) is 10.6. The van der Waals surface area contributed by atoms with Crippen LogP contribution in [-0.2, 0) is 19.4 Å². The number of nitrogens with one attached hydrogen (secondary N) is 1. The highest BCUT2D eigenvalue weighted by molar-refractivity contribution is 7.91. The second-order valence-corrected chi connectivity index (χ2v) is 5.56. The molecule has 0 saturated carbocycles. The molecule has 0 radical (unpaired) electrons. The van der Waals surface area contributed by atoms with E-state index in [1.54, 1.807) is 18.2 Å². The topological polar surface area (TPSA) is 101 Å². The molecule has 0 saturated heterocycles. The standard InChI is InChI=1S/C11H13NO5S/c13-10(6-7-11(14)15)12-8-18(16,17)9-4-2-1-3-5-9/h1-5H,6-8H2,(H,12,13)(H,14,15). The molecule has 1 amide bonds. The van der Waals surface area contributed by atoms with E-state index in [9.17, 15) is 18.0 Å². The highest BCUT2D eigenvalue weighted by Crippen LogP contribution is 2.08.